The van der Waals surface area contributed by atoms with E-state index in [1.54, 1.807) is 24.3 Å². The van der Waals surface area contributed by atoms with Crippen LogP contribution in [0.5, 0.6) is 5.75 Å². The summed E-state index contributed by atoms with van der Waals surface area (Å²) in [6, 6.07) is 8.85. The summed E-state index contributed by atoms with van der Waals surface area (Å²) in [6.45, 7) is 1.53. The third-order valence-electron chi connectivity index (χ3n) is 1.33. The highest BCUT2D eigenvalue weighted by atomic mass is 17.5. The smallest absolute Gasteiger partial charge is 0.462 e. The lowest BCUT2D eigenvalue weighted by atomic mass is 10.3. The van der Waals surface area contributed by atoms with Crippen molar-refractivity contribution >= 4 is 6.16 Å². The summed E-state index contributed by atoms with van der Waals surface area (Å²) in [7, 11) is 0. The Morgan fingerprint density at radius 3 is 2.60 bits per heavy atom. The van der Waals surface area contributed by atoms with Crippen LogP contribution in [0.15, 0.2) is 30.3 Å². The Balaban J connectivity index is 2.24. The van der Waals surface area contributed by atoms with E-state index in [9.17, 15) is 4.79 Å². The molecule has 0 aromatic heterocycles. The molecule has 0 bridgehead atoms. The van der Waals surface area contributed by atoms with Crippen molar-refractivity contribution in [3.05, 3.63) is 30.3 Å². The van der Waals surface area contributed by atoms with E-state index < -0.39 is 12.4 Å². The van der Waals surface area contributed by atoms with E-state index in [2.05, 4.69) is 14.8 Å². The molecule has 15 heavy (non-hydrogen) atoms. The third-order valence-corrected chi connectivity index (χ3v) is 1.33. The molecule has 0 fully saturated rings. The van der Waals surface area contributed by atoms with Gasteiger partial charge in [-0.15, -0.1) is 0 Å². The SMILES string of the molecule is CC(OOOC(=O)O)Oc1ccccc1. The standard InChI is InChI=1S/C9H10O6/c1-7(13-15-14-9(10)11)12-8-5-3-2-4-6-8/h2-7H,1H3,(H,10,11). The number of benzene rings is 1. The molecule has 1 aromatic rings. The van der Waals surface area contributed by atoms with Crippen LogP contribution in [0.25, 0.3) is 0 Å². The van der Waals surface area contributed by atoms with Crippen molar-refractivity contribution in [2.75, 3.05) is 0 Å². The lowest BCUT2D eigenvalue weighted by Gasteiger charge is -2.11. The fourth-order valence-corrected chi connectivity index (χ4v) is 0.814. The maximum atomic E-state index is 9.87. The van der Waals surface area contributed by atoms with Gasteiger partial charge in [-0.2, -0.15) is 4.89 Å². The quantitative estimate of drug-likeness (QED) is 0.459. The van der Waals surface area contributed by atoms with E-state index in [4.69, 9.17) is 9.84 Å². The molecule has 0 heterocycles. The molecular formula is C9H10O6. The van der Waals surface area contributed by atoms with Crippen molar-refractivity contribution < 1.29 is 29.5 Å². The van der Waals surface area contributed by atoms with Crippen molar-refractivity contribution in [3.63, 3.8) is 0 Å². The highest BCUT2D eigenvalue weighted by Crippen LogP contribution is 2.11. The van der Waals surface area contributed by atoms with E-state index in [0.717, 1.165) is 0 Å². The van der Waals surface area contributed by atoms with E-state index >= 15 is 0 Å². The van der Waals surface area contributed by atoms with Crippen LogP contribution < -0.4 is 4.74 Å². The van der Waals surface area contributed by atoms with Crippen LogP contribution >= 0.6 is 0 Å². The molecule has 0 radical (unpaired) electrons. The van der Waals surface area contributed by atoms with Crippen molar-refractivity contribution in [3.8, 4) is 5.75 Å². The molecule has 0 saturated heterocycles. The first-order valence-electron chi connectivity index (χ1n) is 4.13. The van der Waals surface area contributed by atoms with Crippen LogP contribution in [0.4, 0.5) is 4.79 Å². The maximum absolute atomic E-state index is 9.87. The Morgan fingerprint density at radius 2 is 2.00 bits per heavy atom. The molecule has 0 saturated carbocycles. The summed E-state index contributed by atoms with van der Waals surface area (Å²) in [5.74, 6) is 0.573. The summed E-state index contributed by atoms with van der Waals surface area (Å²) < 4.78 is 5.18. The van der Waals surface area contributed by atoms with Gasteiger partial charge in [0, 0.05) is 6.92 Å². The maximum Gasteiger partial charge on any atom is 0.540 e. The molecule has 0 aliphatic heterocycles. The Labute approximate surface area is 85.8 Å². The van der Waals surface area contributed by atoms with Gasteiger partial charge in [0.05, 0.1) is 0 Å². The number of para-hydroxylation sites is 1. The van der Waals surface area contributed by atoms with Gasteiger partial charge in [0.1, 0.15) is 5.75 Å². The number of carbonyl (C=O) groups is 1. The molecule has 1 rings (SSSR count). The first kappa shape index (κ1) is 11.3. The molecule has 1 atom stereocenters. The Hall–Kier alpha value is -1.79. The second kappa shape index (κ2) is 5.84. The highest BCUT2D eigenvalue weighted by molar-refractivity contribution is 5.55. The van der Waals surface area contributed by atoms with Gasteiger partial charge < -0.3 is 9.84 Å². The Kier molecular flexibility index (Phi) is 4.39. The minimum atomic E-state index is -1.60. The lowest BCUT2D eigenvalue weighted by molar-refractivity contribution is -0.515. The summed E-state index contributed by atoms with van der Waals surface area (Å²) in [4.78, 5) is 18.0. The van der Waals surface area contributed by atoms with Crippen molar-refractivity contribution in [2.24, 2.45) is 0 Å². The van der Waals surface area contributed by atoms with Crippen LogP contribution in [0.2, 0.25) is 0 Å². The summed E-state index contributed by atoms with van der Waals surface area (Å²) in [6.07, 6.45) is -2.38. The molecule has 0 aliphatic rings. The summed E-state index contributed by atoms with van der Waals surface area (Å²) in [5.41, 5.74) is 0. The van der Waals surface area contributed by atoms with Crippen LogP contribution in [-0.4, -0.2) is 17.6 Å². The third kappa shape index (κ3) is 4.84. The normalized spacial score (nSPS) is 11.8. The van der Waals surface area contributed by atoms with E-state index in [1.165, 1.54) is 6.92 Å². The molecular weight excluding hydrogens is 204 g/mol. The van der Waals surface area contributed by atoms with Gasteiger partial charge in [0.15, 0.2) is 0 Å². The van der Waals surface area contributed by atoms with Crippen molar-refractivity contribution in [1.82, 2.24) is 0 Å². The molecule has 6 nitrogen and oxygen atoms in total. The van der Waals surface area contributed by atoms with Gasteiger partial charge in [-0.25, -0.2) is 9.68 Å². The molecule has 0 aliphatic carbocycles. The molecule has 0 spiro atoms. The highest BCUT2D eigenvalue weighted by Gasteiger charge is 2.07. The van der Waals surface area contributed by atoms with E-state index in [-0.39, 0.29) is 0 Å². The van der Waals surface area contributed by atoms with Crippen LogP contribution in [0.3, 0.4) is 0 Å². The zero-order valence-electron chi connectivity index (χ0n) is 7.95. The average Bonchev–Trinajstić information content (AvgIpc) is 2.18. The molecule has 6 heteroatoms. The zero-order valence-corrected chi connectivity index (χ0v) is 7.95. The monoisotopic (exact) mass is 214 g/mol. The predicted octanol–water partition coefficient (Wildman–Crippen LogP) is 1.97. The molecule has 0 amide bonds. The Morgan fingerprint density at radius 1 is 1.33 bits per heavy atom. The van der Waals surface area contributed by atoms with Gasteiger partial charge >= 0.3 is 6.16 Å². The van der Waals surface area contributed by atoms with Crippen molar-refractivity contribution in [1.29, 1.82) is 0 Å². The van der Waals surface area contributed by atoms with Gasteiger partial charge in [0.2, 0.25) is 6.29 Å². The average molecular weight is 214 g/mol. The Bertz CT molecular complexity index is 299. The van der Waals surface area contributed by atoms with Crippen molar-refractivity contribution in [2.45, 2.75) is 13.2 Å². The zero-order chi connectivity index (χ0) is 11.1. The van der Waals surface area contributed by atoms with Crippen LogP contribution in [0.1, 0.15) is 6.92 Å². The summed E-state index contributed by atoms with van der Waals surface area (Å²) >= 11 is 0. The largest absolute Gasteiger partial charge is 0.540 e. The van der Waals surface area contributed by atoms with Gasteiger partial charge in [-0.1, -0.05) is 18.2 Å². The molecule has 1 unspecified atom stereocenters. The van der Waals surface area contributed by atoms with Crippen LogP contribution in [-0.2, 0) is 14.8 Å². The topological polar surface area (TPSA) is 74.2 Å². The molecule has 82 valence electrons. The minimum Gasteiger partial charge on any atom is -0.462 e. The number of hydrogen-bond donors (Lipinski definition) is 1. The number of hydrogen-bond acceptors (Lipinski definition) is 5. The second-order valence-electron chi connectivity index (χ2n) is 2.51. The second-order valence-corrected chi connectivity index (χ2v) is 2.51. The molecule has 1 aromatic carbocycles. The van der Waals surface area contributed by atoms with Gasteiger partial charge in [0.25, 0.3) is 0 Å². The lowest BCUT2D eigenvalue weighted by Crippen LogP contribution is -2.17. The van der Waals surface area contributed by atoms with Gasteiger partial charge in [-0.05, 0) is 17.2 Å². The first-order chi connectivity index (χ1) is 7.18. The van der Waals surface area contributed by atoms with Crippen LogP contribution in [0, 0.1) is 0 Å². The molecule has 1 N–H and O–H groups in total. The number of carboxylic acid groups (broad SMARTS) is 1. The fourth-order valence-electron chi connectivity index (χ4n) is 0.814. The van der Waals surface area contributed by atoms with E-state index in [1.807, 2.05) is 6.07 Å². The fraction of sp³-hybridized carbons (Fsp3) is 0.222. The van der Waals surface area contributed by atoms with Gasteiger partial charge in [-0.3, -0.25) is 0 Å². The number of ether oxygens (including phenoxy) is 1. The summed E-state index contributed by atoms with van der Waals surface area (Å²) in [5, 5.41) is 12.0. The van der Waals surface area contributed by atoms with E-state index in [0.29, 0.717) is 5.75 Å². The first-order valence-corrected chi connectivity index (χ1v) is 4.13. The number of rotatable bonds is 5. The predicted molar refractivity (Wildman–Crippen MR) is 47.8 cm³/mol. The minimum absolute atomic E-state index is 0.573.